The predicted octanol–water partition coefficient (Wildman–Crippen LogP) is 1.48. The van der Waals surface area contributed by atoms with Gasteiger partial charge >= 0.3 is 0 Å². The van der Waals surface area contributed by atoms with Crippen LogP contribution in [0.15, 0.2) is 24.4 Å². The zero-order valence-electron chi connectivity index (χ0n) is 14.1. The van der Waals surface area contributed by atoms with Crippen molar-refractivity contribution in [3.05, 3.63) is 41.3 Å². The fourth-order valence-corrected chi connectivity index (χ4v) is 3.76. The van der Waals surface area contributed by atoms with Gasteiger partial charge in [0.2, 0.25) is 5.95 Å². The summed E-state index contributed by atoms with van der Waals surface area (Å²) in [5.74, 6) is 1.88. The minimum Gasteiger partial charge on any atom is -0.368 e. The van der Waals surface area contributed by atoms with Crippen LogP contribution in [0.4, 0.5) is 11.8 Å². The quantitative estimate of drug-likeness (QED) is 0.902. The highest BCUT2D eigenvalue weighted by atomic mass is 15.3. The molecule has 0 saturated carbocycles. The van der Waals surface area contributed by atoms with E-state index in [0.29, 0.717) is 11.9 Å². The standard InChI is InChI=1S/C18H24N6/c1-23-8-10-24(11-9-23)17-14-6-5-13(15-4-2-3-7-20-15)12-16(14)21-18(19)22-17/h2-4,7,13H,5-6,8-12H2,1H3,(H2,19,21,22). The first-order chi connectivity index (χ1) is 11.7. The molecular formula is C18H24N6. The van der Waals surface area contributed by atoms with E-state index >= 15 is 0 Å². The van der Waals surface area contributed by atoms with Crippen molar-refractivity contribution in [2.75, 3.05) is 43.9 Å². The van der Waals surface area contributed by atoms with Gasteiger partial charge in [-0.3, -0.25) is 4.98 Å². The number of aromatic nitrogens is 3. The molecule has 1 aliphatic heterocycles. The average molecular weight is 324 g/mol. The lowest BCUT2D eigenvalue weighted by atomic mass is 9.84. The Balaban J connectivity index is 1.63. The van der Waals surface area contributed by atoms with Crippen molar-refractivity contribution in [1.29, 1.82) is 0 Å². The zero-order valence-corrected chi connectivity index (χ0v) is 14.1. The molecule has 6 nitrogen and oxygen atoms in total. The molecule has 24 heavy (non-hydrogen) atoms. The van der Waals surface area contributed by atoms with Crippen molar-refractivity contribution in [2.45, 2.75) is 25.2 Å². The molecule has 6 heteroatoms. The highest BCUT2D eigenvalue weighted by Gasteiger charge is 2.28. The number of fused-ring (bicyclic) bond motifs is 1. The Bertz CT molecular complexity index is 709. The molecule has 1 fully saturated rings. The fourth-order valence-electron chi connectivity index (χ4n) is 3.76. The first-order valence-electron chi connectivity index (χ1n) is 8.70. The zero-order chi connectivity index (χ0) is 16.5. The van der Waals surface area contributed by atoms with Gasteiger partial charge < -0.3 is 15.5 Å². The Morgan fingerprint density at radius 1 is 1.12 bits per heavy atom. The molecule has 2 aromatic heterocycles. The second-order valence-electron chi connectivity index (χ2n) is 6.82. The molecular weight excluding hydrogens is 300 g/mol. The van der Waals surface area contributed by atoms with Gasteiger partial charge in [-0.2, -0.15) is 4.98 Å². The van der Waals surface area contributed by atoms with Crippen LogP contribution in [0.25, 0.3) is 0 Å². The molecule has 1 aliphatic carbocycles. The number of hydrogen-bond donors (Lipinski definition) is 1. The molecule has 1 saturated heterocycles. The van der Waals surface area contributed by atoms with Gasteiger partial charge in [0.15, 0.2) is 0 Å². The lowest BCUT2D eigenvalue weighted by Crippen LogP contribution is -2.45. The molecule has 2 N–H and O–H groups in total. The number of piperazine rings is 1. The second-order valence-corrected chi connectivity index (χ2v) is 6.82. The summed E-state index contributed by atoms with van der Waals surface area (Å²) in [6, 6.07) is 6.13. The second kappa shape index (κ2) is 6.36. The Kier molecular flexibility index (Phi) is 4.06. The van der Waals surface area contributed by atoms with Crippen molar-refractivity contribution in [3.63, 3.8) is 0 Å². The highest BCUT2D eigenvalue weighted by molar-refractivity contribution is 5.53. The summed E-state index contributed by atoms with van der Waals surface area (Å²) < 4.78 is 0. The Morgan fingerprint density at radius 2 is 1.96 bits per heavy atom. The number of nitrogens with zero attached hydrogens (tertiary/aromatic N) is 5. The maximum Gasteiger partial charge on any atom is 0.222 e. The topological polar surface area (TPSA) is 71.2 Å². The Labute approximate surface area is 142 Å². The van der Waals surface area contributed by atoms with E-state index < -0.39 is 0 Å². The summed E-state index contributed by atoms with van der Waals surface area (Å²) in [5, 5.41) is 0. The Morgan fingerprint density at radius 3 is 2.71 bits per heavy atom. The average Bonchev–Trinajstić information content (AvgIpc) is 2.62. The van der Waals surface area contributed by atoms with Gasteiger partial charge in [-0.25, -0.2) is 4.98 Å². The summed E-state index contributed by atoms with van der Waals surface area (Å²) in [7, 11) is 2.17. The van der Waals surface area contributed by atoms with E-state index in [1.165, 1.54) is 5.56 Å². The van der Waals surface area contributed by atoms with Gasteiger partial charge in [-0.05, 0) is 38.4 Å². The third kappa shape index (κ3) is 2.94. The molecule has 3 heterocycles. The third-order valence-electron chi connectivity index (χ3n) is 5.18. The SMILES string of the molecule is CN1CCN(c2nc(N)nc3c2CCC(c2ccccn2)C3)CC1. The van der Waals surface area contributed by atoms with Crippen LogP contribution in [0.5, 0.6) is 0 Å². The van der Waals surface area contributed by atoms with Crippen molar-refractivity contribution >= 4 is 11.8 Å². The molecule has 0 aromatic carbocycles. The molecule has 0 radical (unpaired) electrons. The van der Waals surface area contributed by atoms with Crippen LogP contribution in [-0.2, 0) is 12.8 Å². The van der Waals surface area contributed by atoms with E-state index in [9.17, 15) is 0 Å². The van der Waals surface area contributed by atoms with Crippen LogP contribution in [-0.4, -0.2) is 53.1 Å². The van der Waals surface area contributed by atoms with Crippen molar-refractivity contribution in [2.24, 2.45) is 0 Å². The summed E-state index contributed by atoms with van der Waals surface area (Å²) in [6.45, 7) is 4.14. The first kappa shape index (κ1) is 15.3. The number of likely N-dealkylation sites (N-methyl/N-ethyl adjacent to an activating group) is 1. The maximum absolute atomic E-state index is 6.03. The summed E-state index contributed by atoms with van der Waals surface area (Å²) >= 11 is 0. The maximum atomic E-state index is 6.03. The van der Waals surface area contributed by atoms with Crippen LogP contribution >= 0.6 is 0 Å². The minimum absolute atomic E-state index is 0.393. The number of rotatable bonds is 2. The van der Waals surface area contributed by atoms with Gasteiger partial charge in [0.1, 0.15) is 5.82 Å². The summed E-state index contributed by atoms with van der Waals surface area (Å²) in [5.41, 5.74) is 9.58. The molecule has 126 valence electrons. The van der Waals surface area contributed by atoms with E-state index in [0.717, 1.165) is 62.6 Å². The molecule has 1 atom stereocenters. The van der Waals surface area contributed by atoms with E-state index in [4.69, 9.17) is 5.73 Å². The number of hydrogen-bond acceptors (Lipinski definition) is 6. The lowest BCUT2D eigenvalue weighted by molar-refractivity contribution is 0.311. The largest absolute Gasteiger partial charge is 0.368 e. The van der Waals surface area contributed by atoms with E-state index in [-0.39, 0.29) is 0 Å². The molecule has 0 bridgehead atoms. The summed E-state index contributed by atoms with van der Waals surface area (Å²) in [6.07, 6.45) is 4.87. The van der Waals surface area contributed by atoms with Crippen LogP contribution < -0.4 is 10.6 Å². The van der Waals surface area contributed by atoms with Crippen LogP contribution in [0, 0.1) is 0 Å². The van der Waals surface area contributed by atoms with Crippen LogP contribution in [0.3, 0.4) is 0 Å². The van der Waals surface area contributed by atoms with Crippen molar-refractivity contribution < 1.29 is 0 Å². The van der Waals surface area contributed by atoms with Gasteiger partial charge in [0.25, 0.3) is 0 Å². The molecule has 1 unspecified atom stereocenters. The van der Waals surface area contributed by atoms with Gasteiger partial charge in [-0.1, -0.05) is 6.07 Å². The number of pyridine rings is 1. The van der Waals surface area contributed by atoms with E-state index in [2.05, 4.69) is 43.9 Å². The molecule has 2 aromatic rings. The number of nitrogens with two attached hydrogens (primary N) is 1. The summed E-state index contributed by atoms with van der Waals surface area (Å²) in [4.78, 5) is 18.4. The van der Waals surface area contributed by atoms with Gasteiger partial charge in [0, 0.05) is 49.6 Å². The smallest absolute Gasteiger partial charge is 0.222 e. The van der Waals surface area contributed by atoms with Gasteiger partial charge in [-0.15, -0.1) is 0 Å². The van der Waals surface area contributed by atoms with Gasteiger partial charge in [0.05, 0.1) is 5.69 Å². The van der Waals surface area contributed by atoms with Crippen molar-refractivity contribution in [3.8, 4) is 0 Å². The third-order valence-corrected chi connectivity index (χ3v) is 5.18. The molecule has 0 spiro atoms. The number of nitrogen functional groups attached to an aromatic ring is 1. The van der Waals surface area contributed by atoms with E-state index in [1.54, 1.807) is 0 Å². The molecule has 2 aliphatic rings. The predicted molar refractivity (Wildman–Crippen MR) is 95.2 cm³/mol. The normalized spacial score (nSPS) is 21.5. The first-order valence-corrected chi connectivity index (χ1v) is 8.70. The minimum atomic E-state index is 0.393. The monoisotopic (exact) mass is 324 g/mol. The highest BCUT2D eigenvalue weighted by Crippen LogP contribution is 2.35. The van der Waals surface area contributed by atoms with Crippen LogP contribution in [0.1, 0.15) is 29.3 Å². The fraction of sp³-hybridized carbons (Fsp3) is 0.500. The molecule has 0 amide bonds. The molecule has 4 rings (SSSR count). The Hall–Kier alpha value is -2.21. The number of anilines is 2. The van der Waals surface area contributed by atoms with E-state index in [1.807, 2.05) is 12.3 Å². The van der Waals surface area contributed by atoms with Crippen LogP contribution in [0.2, 0.25) is 0 Å². The van der Waals surface area contributed by atoms with Crippen molar-refractivity contribution in [1.82, 2.24) is 19.9 Å². The lowest BCUT2D eigenvalue weighted by Gasteiger charge is -2.35.